The Kier molecular flexibility index (Phi) is 11.0. The van der Waals surface area contributed by atoms with Crippen LogP contribution in [-0.4, -0.2) is 78.0 Å². The average Bonchev–Trinajstić information content (AvgIpc) is 3.43. The number of epoxide rings is 1. The SMILES string of the molecule is CCC(OCC(F)(F)CCC(F)(F)CO)[Si](C)(C)C[Si](C)(C)CCCOCC1CO1. The summed E-state index contributed by atoms with van der Waals surface area (Å²) >= 11 is 0. The molecule has 1 fully saturated rings. The van der Waals surface area contributed by atoms with E-state index in [1.165, 1.54) is 0 Å². The van der Waals surface area contributed by atoms with Gasteiger partial charge in [-0.25, -0.2) is 17.6 Å². The van der Waals surface area contributed by atoms with Crippen molar-refractivity contribution in [3.8, 4) is 0 Å². The molecule has 1 heterocycles. The lowest BCUT2D eigenvalue weighted by molar-refractivity contribution is -0.119. The molecule has 0 aromatic carbocycles. The third-order valence-corrected chi connectivity index (χ3v) is 17.1. The van der Waals surface area contributed by atoms with Crippen molar-refractivity contribution < 1.29 is 36.9 Å². The van der Waals surface area contributed by atoms with Crippen molar-refractivity contribution in [2.24, 2.45) is 0 Å². The number of hydrogen-bond donors (Lipinski definition) is 1. The van der Waals surface area contributed by atoms with Gasteiger partial charge in [-0.3, -0.25) is 0 Å². The van der Waals surface area contributed by atoms with E-state index in [1.807, 2.05) is 6.92 Å². The maximum Gasteiger partial charge on any atom is 0.271 e. The molecule has 0 amide bonds. The second-order valence-corrected chi connectivity index (χ2v) is 20.9. The third-order valence-electron chi connectivity index (χ3n) is 5.61. The molecule has 1 aliphatic rings. The highest BCUT2D eigenvalue weighted by atomic mass is 28.4. The van der Waals surface area contributed by atoms with Crippen molar-refractivity contribution in [2.45, 2.75) is 94.2 Å². The van der Waals surface area contributed by atoms with Crippen LogP contribution in [0.2, 0.25) is 37.9 Å². The van der Waals surface area contributed by atoms with Crippen LogP contribution in [0.3, 0.4) is 0 Å². The molecule has 1 aliphatic heterocycles. The minimum Gasteiger partial charge on any atom is -0.390 e. The molecule has 0 aromatic rings. The first kappa shape index (κ1) is 28.0. The maximum atomic E-state index is 14.1. The highest BCUT2D eigenvalue weighted by Gasteiger charge is 2.41. The van der Waals surface area contributed by atoms with Gasteiger partial charge in [-0.2, -0.15) is 0 Å². The highest BCUT2D eigenvalue weighted by Crippen LogP contribution is 2.32. The van der Waals surface area contributed by atoms with E-state index < -0.39 is 54.0 Å². The van der Waals surface area contributed by atoms with Crippen molar-refractivity contribution in [1.29, 1.82) is 0 Å². The third kappa shape index (κ3) is 11.6. The maximum absolute atomic E-state index is 14.1. The van der Waals surface area contributed by atoms with Crippen LogP contribution in [-0.2, 0) is 14.2 Å². The fourth-order valence-corrected chi connectivity index (χ4v) is 18.3. The van der Waals surface area contributed by atoms with Crippen LogP contribution in [0, 0.1) is 0 Å². The molecule has 0 spiro atoms. The number of halogens is 4. The van der Waals surface area contributed by atoms with Gasteiger partial charge >= 0.3 is 0 Å². The van der Waals surface area contributed by atoms with E-state index in [4.69, 9.17) is 19.3 Å². The molecular formula is C20H40F4O4Si2. The summed E-state index contributed by atoms with van der Waals surface area (Å²) in [6.07, 6.45) is -0.142. The molecule has 1 N–H and O–H groups in total. The molecule has 2 atom stereocenters. The fourth-order valence-electron chi connectivity index (χ4n) is 4.10. The zero-order valence-corrected chi connectivity index (χ0v) is 21.1. The Morgan fingerprint density at radius 2 is 1.70 bits per heavy atom. The molecule has 1 rings (SSSR count). The Morgan fingerprint density at radius 1 is 1.10 bits per heavy atom. The van der Waals surface area contributed by atoms with Crippen LogP contribution in [0.15, 0.2) is 0 Å². The topological polar surface area (TPSA) is 51.2 Å². The van der Waals surface area contributed by atoms with Gasteiger partial charge in [0.05, 0.1) is 21.3 Å². The molecule has 4 nitrogen and oxygen atoms in total. The summed E-state index contributed by atoms with van der Waals surface area (Å²) < 4.78 is 70.7. The average molecular weight is 477 g/mol. The lowest BCUT2D eigenvalue weighted by atomic mass is 10.1. The minimum absolute atomic E-state index is 0.239. The Hall–Kier alpha value is -0.00623. The second kappa shape index (κ2) is 11.7. The van der Waals surface area contributed by atoms with Crippen molar-refractivity contribution >= 4 is 16.1 Å². The zero-order chi connectivity index (χ0) is 23.1. The number of rotatable bonds is 17. The van der Waals surface area contributed by atoms with E-state index in [0.29, 0.717) is 13.0 Å². The zero-order valence-electron chi connectivity index (χ0n) is 19.1. The van der Waals surface area contributed by atoms with Crippen LogP contribution >= 0.6 is 0 Å². The molecule has 0 radical (unpaired) electrons. The lowest BCUT2D eigenvalue weighted by Gasteiger charge is -2.38. The van der Waals surface area contributed by atoms with E-state index in [0.717, 1.165) is 31.3 Å². The van der Waals surface area contributed by atoms with E-state index in [1.54, 1.807) is 0 Å². The normalized spacial score (nSPS) is 19.2. The second-order valence-electron chi connectivity index (χ2n) is 10.0. The highest BCUT2D eigenvalue weighted by molar-refractivity contribution is 6.95. The number of aliphatic hydroxyl groups is 1. The molecule has 2 unspecified atom stereocenters. The summed E-state index contributed by atoms with van der Waals surface area (Å²) in [4.78, 5) is 0. The summed E-state index contributed by atoms with van der Waals surface area (Å²) in [5.74, 6) is -6.81. The van der Waals surface area contributed by atoms with Gasteiger partial charge in [0, 0.05) is 33.2 Å². The van der Waals surface area contributed by atoms with Gasteiger partial charge in [0.2, 0.25) is 0 Å². The first-order valence-electron chi connectivity index (χ1n) is 10.9. The Morgan fingerprint density at radius 3 is 2.23 bits per heavy atom. The predicted molar refractivity (Wildman–Crippen MR) is 116 cm³/mol. The largest absolute Gasteiger partial charge is 0.390 e. The van der Waals surface area contributed by atoms with E-state index in [2.05, 4.69) is 26.2 Å². The molecule has 180 valence electrons. The first-order valence-corrected chi connectivity index (χ1v) is 17.6. The standard InChI is InChI=1S/C20H40F4O4Si2/c1-6-18(28-15-20(23,24)9-8-19(21,22)14-25)30(4,5)16-29(2,3)11-7-10-26-12-17-13-27-17/h17-18,25H,6-16H2,1-5H3. The number of alkyl halides is 4. The molecule has 10 heteroatoms. The fraction of sp³-hybridized carbons (Fsp3) is 1.00. The summed E-state index contributed by atoms with van der Waals surface area (Å²) in [5.41, 5.74) is 0.815. The molecule has 0 aromatic heterocycles. The van der Waals surface area contributed by atoms with Gasteiger partial charge in [-0.05, 0) is 12.8 Å². The van der Waals surface area contributed by atoms with Gasteiger partial charge in [0.15, 0.2) is 0 Å². The van der Waals surface area contributed by atoms with Crippen molar-refractivity contribution in [3.63, 3.8) is 0 Å². The Bertz CT molecular complexity index is 503. The van der Waals surface area contributed by atoms with Gasteiger partial charge < -0.3 is 19.3 Å². The molecule has 0 bridgehead atoms. The predicted octanol–water partition coefficient (Wildman–Crippen LogP) is 5.13. The molecule has 1 saturated heterocycles. The molecule has 0 aliphatic carbocycles. The monoisotopic (exact) mass is 476 g/mol. The van der Waals surface area contributed by atoms with Crippen molar-refractivity contribution in [2.75, 3.05) is 33.0 Å². The number of aliphatic hydroxyl groups excluding tert-OH is 1. The van der Waals surface area contributed by atoms with Crippen LogP contribution in [0.4, 0.5) is 17.6 Å². The summed E-state index contributed by atoms with van der Waals surface area (Å²) in [6.45, 7) is 10.8. The summed E-state index contributed by atoms with van der Waals surface area (Å²) in [7, 11) is -3.50. The van der Waals surface area contributed by atoms with Crippen molar-refractivity contribution in [1.82, 2.24) is 0 Å². The van der Waals surface area contributed by atoms with Crippen LogP contribution in [0.1, 0.15) is 32.6 Å². The number of ether oxygens (including phenoxy) is 3. The van der Waals surface area contributed by atoms with Gasteiger partial charge in [0.1, 0.15) is 19.3 Å². The smallest absolute Gasteiger partial charge is 0.271 e. The molecular weight excluding hydrogens is 436 g/mol. The summed E-state index contributed by atoms with van der Waals surface area (Å²) in [6, 6.07) is 1.11. The van der Waals surface area contributed by atoms with Crippen LogP contribution < -0.4 is 0 Å². The Balaban J connectivity index is 2.46. The van der Waals surface area contributed by atoms with Crippen LogP contribution in [0.25, 0.3) is 0 Å². The lowest BCUT2D eigenvalue weighted by Crippen LogP contribution is -2.50. The minimum atomic E-state index is -3.48. The first-order chi connectivity index (χ1) is 13.7. The van der Waals surface area contributed by atoms with E-state index in [-0.39, 0.29) is 11.8 Å². The van der Waals surface area contributed by atoms with E-state index >= 15 is 0 Å². The van der Waals surface area contributed by atoms with Gasteiger partial charge in [-0.1, -0.05) is 44.8 Å². The van der Waals surface area contributed by atoms with E-state index in [9.17, 15) is 17.6 Å². The van der Waals surface area contributed by atoms with Gasteiger partial charge in [-0.15, -0.1) is 0 Å². The molecule has 0 saturated carbocycles. The van der Waals surface area contributed by atoms with Gasteiger partial charge in [0.25, 0.3) is 11.8 Å². The molecule has 30 heavy (non-hydrogen) atoms. The number of hydrogen-bond acceptors (Lipinski definition) is 4. The quantitative estimate of drug-likeness (QED) is 0.137. The Labute approximate surface area is 180 Å². The summed E-state index contributed by atoms with van der Waals surface area (Å²) in [5, 5.41) is 8.55. The van der Waals surface area contributed by atoms with Crippen molar-refractivity contribution in [3.05, 3.63) is 0 Å². The van der Waals surface area contributed by atoms with Crippen LogP contribution in [0.5, 0.6) is 0 Å².